The molecule has 3 N–H and O–H groups in total. The van der Waals surface area contributed by atoms with Gasteiger partial charge in [-0.2, -0.15) is 0 Å². The molecule has 0 saturated heterocycles. The number of hydrogen-bond acceptors (Lipinski definition) is 4. The zero-order valence-electron chi connectivity index (χ0n) is 28.4. The summed E-state index contributed by atoms with van der Waals surface area (Å²) in [5.41, 5.74) is 5.66. The van der Waals surface area contributed by atoms with Gasteiger partial charge in [-0.05, 0) is 78.4 Å². The van der Waals surface area contributed by atoms with Crippen molar-refractivity contribution in [2.75, 3.05) is 0 Å². The van der Waals surface area contributed by atoms with Crippen LogP contribution in [0, 0.1) is 5.41 Å². The van der Waals surface area contributed by atoms with E-state index in [1.54, 1.807) is 32.9 Å². The monoisotopic (exact) mass is 598 g/mol. The van der Waals surface area contributed by atoms with E-state index in [4.69, 9.17) is 0 Å². The fourth-order valence-electron chi connectivity index (χ4n) is 4.37. The number of carbonyl (C=O) groups excluding carboxylic acids is 1. The van der Waals surface area contributed by atoms with Crippen molar-refractivity contribution in [2.45, 2.75) is 93.5 Å². The summed E-state index contributed by atoms with van der Waals surface area (Å²) in [5.74, 6) is -0.173. The molecule has 4 nitrogen and oxygen atoms in total. The number of rotatable bonds is 13. The molecule has 0 spiro atoms. The Hall–Kier alpha value is -3.57. The third kappa shape index (κ3) is 14.7. The van der Waals surface area contributed by atoms with Crippen molar-refractivity contribution in [1.29, 1.82) is 0 Å². The molecule has 0 amide bonds. The standard InChI is InChI=1S/C40H54O4/c1-29(18-13-20-31(3)21-15-23-33(5)25-27-37(42)40(9,10)44)16-11-12-17-30(2)19-14-22-32(4)24-26-35-34(6)38(43)36(41)28-39(35,7)8/h11-27,36-37,41-42,44H,28H2,1-10H3/b12-11+,18-13+,19-14+,21-15+,26-24+,27-25+,29-16+,30-17+,31-20+,32-22+,33-23+/t36-,37-/m0/s1. The third-order valence-electron chi connectivity index (χ3n) is 7.27. The maximum atomic E-state index is 12.2. The van der Waals surface area contributed by atoms with Crippen LogP contribution >= 0.6 is 0 Å². The number of hydrogen-bond donors (Lipinski definition) is 3. The highest BCUT2D eigenvalue weighted by Crippen LogP contribution is 2.39. The van der Waals surface area contributed by atoms with E-state index in [0.717, 1.165) is 33.4 Å². The lowest BCUT2D eigenvalue weighted by molar-refractivity contribution is -0.125. The average Bonchev–Trinajstić information content (AvgIpc) is 2.91. The second-order valence-corrected chi connectivity index (χ2v) is 12.8. The number of carbonyl (C=O) groups is 1. The Bertz CT molecular complexity index is 1370. The van der Waals surface area contributed by atoms with Crippen LogP contribution in [0.25, 0.3) is 0 Å². The SMILES string of the molecule is CC1=C(/C=C/C(C)=C/C=C/C(C)=C/C=C/C=C(C)/C=C/C=C(C)/C=C/C=C(C)/C=C/[C@H](O)C(C)(C)O)C(C)(C)C[C@H](O)C1=O. The largest absolute Gasteiger partial charge is 0.387 e. The maximum Gasteiger partial charge on any atom is 0.187 e. The van der Waals surface area contributed by atoms with Crippen molar-refractivity contribution >= 4 is 5.78 Å². The third-order valence-corrected chi connectivity index (χ3v) is 7.27. The van der Waals surface area contributed by atoms with Crippen LogP contribution in [0.1, 0.15) is 75.7 Å². The van der Waals surface area contributed by atoms with Crippen LogP contribution in [-0.2, 0) is 4.79 Å². The zero-order valence-corrected chi connectivity index (χ0v) is 28.4. The number of aliphatic hydroxyl groups excluding tert-OH is 2. The molecule has 0 saturated carbocycles. The molecule has 4 heteroatoms. The number of ketones is 1. The molecule has 238 valence electrons. The number of Topliss-reactive ketones (excluding diaryl/α,β-unsaturated/α-hetero) is 1. The van der Waals surface area contributed by atoms with Gasteiger partial charge in [0.05, 0.1) is 5.60 Å². The zero-order chi connectivity index (χ0) is 33.5. The maximum absolute atomic E-state index is 12.2. The summed E-state index contributed by atoms with van der Waals surface area (Å²) < 4.78 is 0. The second-order valence-electron chi connectivity index (χ2n) is 12.8. The predicted molar refractivity (Wildman–Crippen MR) is 188 cm³/mol. The molecule has 0 fully saturated rings. The molecule has 44 heavy (non-hydrogen) atoms. The number of aliphatic hydroxyl groups is 3. The van der Waals surface area contributed by atoms with Gasteiger partial charge in [-0.25, -0.2) is 0 Å². The molecule has 0 aliphatic heterocycles. The Balaban J connectivity index is 2.67. The van der Waals surface area contributed by atoms with E-state index in [1.807, 2.05) is 87.6 Å². The Morgan fingerprint density at radius 2 is 1.14 bits per heavy atom. The van der Waals surface area contributed by atoms with Crippen molar-refractivity contribution < 1.29 is 20.1 Å². The van der Waals surface area contributed by atoms with Gasteiger partial charge in [-0.1, -0.05) is 145 Å². The van der Waals surface area contributed by atoms with Crippen LogP contribution in [-0.4, -0.2) is 38.9 Å². The highest BCUT2D eigenvalue weighted by atomic mass is 16.3. The van der Waals surface area contributed by atoms with Gasteiger partial charge in [0.1, 0.15) is 12.2 Å². The molecule has 2 atom stereocenters. The normalized spacial score (nSPS) is 21.2. The Kier molecular flexibility index (Phi) is 16.0. The topological polar surface area (TPSA) is 77.8 Å². The molecule has 1 rings (SSSR count). The summed E-state index contributed by atoms with van der Waals surface area (Å²) in [6, 6.07) is 0. The Morgan fingerprint density at radius 3 is 1.57 bits per heavy atom. The van der Waals surface area contributed by atoms with Crippen molar-refractivity contribution in [2.24, 2.45) is 5.41 Å². The summed E-state index contributed by atoms with van der Waals surface area (Å²) in [6.07, 6.45) is 32.4. The van der Waals surface area contributed by atoms with E-state index >= 15 is 0 Å². The van der Waals surface area contributed by atoms with Gasteiger partial charge in [0, 0.05) is 0 Å². The van der Waals surface area contributed by atoms with Crippen LogP contribution in [0.5, 0.6) is 0 Å². The minimum Gasteiger partial charge on any atom is -0.387 e. The van der Waals surface area contributed by atoms with Crippen LogP contribution in [0.3, 0.4) is 0 Å². The van der Waals surface area contributed by atoms with E-state index < -0.39 is 17.8 Å². The molecule has 0 heterocycles. The van der Waals surface area contributed by atoms with Crippen LogP contribution in [0.4, 0.5) is 0 Å². The molecular formula is C40H54O4. The molecular weight excluding hydrogens is 544 g/mol. The molecule has 1 aliphatic carbocycles. The first-order chi connectivity index (χ1) is 20.4. The minimum absolute atomic E-state index is 0.173. The summed E-state index contributed by atoms with van der Waals surface area (Å²) in [5, 5.41) is 29.7. The lowest BCUT2D eigenvalue weighted by atomic mass is 9.71. The summed E-state index contributed by atoms with van der Waals surface area (Å²) in [7, 11) is 0. The molecule has 0 aromatic heterocycles. The first-order valence-corrected chi connectivity index (χ1v) is 15.2. The van der Waals surface area contributed by atoms with E-state index in [9.17, 15) is 20.1 Å². The van der Waals surface area contributed by atoms with Gasteiger partial charge in [0.15, 0.2) is 5.78 Å². The molecule has 0 aromatic rings. The van der Waals surface area contributed by atoms with Crippen molar-refractivity contribution in [3.63, 3.8) is 0 Å². The second kappa shape index (κ2) is 18.3. The highest BCUT2D eigenvalue weighted by Gasteiger charge is 2.36. The summed E-state index contributed by atoms with van der Waals surface area (Å²) in [6.45, 7) is 19.2. The van der Waals surface area contributed by atoms with Gasteiger partial charge < -0.3 is 15.3 Å². The Labute approximate surface area is 266 Å². The summed E-state index contributed by atoms with van der Waals surface area (Å²) in [4.78, 5) is 12.2. The first kappa shape index (κ1) is 38.5. The molecule has 0 unspecified atom stereocenters. The smallest absolute Gasteiger partial charge is 0.187 e. The van der Waals surface area contributed by atoms with Gasteiger partial charge >= 0.3 is 0 Å². The van der Waals surface area contributed by atoms with Crippen LogP contribution in [0.2, 0.25) is 0 Å². The minimum atomic E-state index is -1.16. The average molecular weight is 599 g/mol. The lowest BCUT2D eigenvalue weighted by Crippen LogP contribution is -2.35. The summed E-state index contributed by atoms with van der Waals surface area (Å²) >= 11 is 0. The van der Waals surface area contributed by atoms with Gasteiger partial charge in [-0.15, -0.1) is 0 Å². The van der Waals surface area contributed by atoms with Crippen LogP contribution in [0.15, 0.2) is 142 Å². The van der Waals surface area contributed by atoms with Crippen molar-refractivity contribution in [3.8, 4) is 0 Å². The quantitative estimate of drug-likeness (QED) is 0.185. The fraction of sp³-hybridized carbons (Fsp3) is 0.375. The highest BCUT2D eigenvalue weighted by molar-refractivity contribution is 6.00. The van der Waals surface area contributed by atoms with Gasteiger partial charge in [-0.3, -0.25) is 4.79 Å². The number of allylic oxidation sites excluding steroid dienone is 22. The van der Waals surface area contributed by atoms with E-state index in [-0.39, 0.29) is 11.2 Å². The molecule has 0 aromatic carbocycles. The molecule has 0 bridgehead atoms. The van der Waals surface area contributed by atoms with E-state index in [2.05, 4.69) is 52.0 Å². The fourth-order valence-corrected chi connectivity index (χ4v) is 4.37. The lowest BCUT2D eigenvalue weighted by Gasteiger charge is -2.34. The van der Waals surface area contributed by atoms with Gasteiger partial charge in [0.2, 0.25) is 0 Å². The van der Waals surface area contributed by atoms with Crippen LogP contribution < -0.4 is 0 Å². The van der Waals surface area contributed by atoms with E-state index in [0.29, 0.717) is 12.0 Å². The molecule has 1 aliphatic rings. The van der Waals surface area contributed by atoms with Crippen molar-refractivity contribution in [1.82, 2.24) is 0 Å². The Morgan fingerprint density at radius 1 is 0.750 bits per heavy atom. The first-order valence-electron chi connectivity index (χ1n) is 15.2. The molecule has 0 radical (unpaired) electrons. The predicted octanol–water partition coefficient (Wildman–Crippen LogP) is 8.86. The van der Waals surface area contributed by atoms with Gasteiger partial charge in [0.25, 0.3) is 0 Å². The van der Waals surface area contributed by atoms with E-state index in [1.165, 1.54) is 0 Å². The van der Waals surface area contributed by atoms with Crippen molar-refractivity contribution in [3.05, 3.63) is 142 Å².